The third-order valence-electron chi connectivity index (χ3n) is 12.0. The van der Waals surface area contributed by atoms with Crippen molar-refractivity contribution in [3.63, 3.8) is 0 Å². The van der Waals surface area contributed by atoms with Crippen LogP contribution in [0.25, 0.3) is 0 Å². The van der Waals surface area contributed by atoms with Crippen LogP contribution < -0.4 is 0 Å². The Kier molecular flexibility index (Phi) is 4.97. The molecule has 0 bridgehead atoms. The van der Waals surface area contributed by atoms with Gasteiger partial charge in [-0.25, -0.2) is 0 Å². The Bertz CT molecular complexity index is 1140. The molecule has 3 saturated carbocycles. The van der Waals surface area contributed by atoms with Crippen molar-refractivity contribution in [3.8, 4) is 0 Å². The summed E-state index contributed by atoms with van der Waals surface area (Å²) in [6, 6.07) is 0. The molecule has 5 aliphatic rings. The van der Waals surface area contributed by atoms with Gasteiger partial charge in [0.1, 0.15) is 0 Å². The van der Waals surface area contributed by atoms with Crippen LogP contribution in [0.1, 0.15) is 86.5 Å². The smallest absolute Gasteiger partial charge is 0.309 e. The van der Waals surface area contributed by atoms with Crippen LogP contribution in [0.5, 0.6) is 0 Å². The molecule has 0 spiro atoms. The van der Waals surface area contributed by atoms with Crippen LogP contribution in [0.15, 0.2) is 34.9 Å². The van der Waals surface area contributed by atoms with Crippen molar-refractivity contribution in [1.29, 1.82) is 0 Å². The number of ketones is 2. The number of aliphatic carboxylic acids is 1. The van der Waals surface area contributed by atoms with Gasteiger partial charge in [0.05, 0.1) is 17.4 Å². The monoisotopic (exact) mass is 480 g/mol. The van der Waals surface area contributed by atoms with Crippen molar-refractivity contribution < 1.29 is 24.6 Å². The van der Waals surface area contributed by atoms with Gasteiger partial charge in [0, 0.05) is 5.41 Å². The van der Waals surface area contributed by atoms with E-state index in [1.807, 2.05) is 13.0 Å². The van der Waals surface area contributed by atoms with Crippen molar-refractivity contribution in [3.05, 3.63) is 34.9 Å². The molecule has 0 unspecified atom stereocenters. The molecule has 0 heterocycles. The molecule has 3 fully saturated rings. The molecule has 5 heteroatoms. The van der Waals surface area contributed by atoms with Crippen LogP contribution in [0.4, 0.5) is 0 Å². The zero-order chi connectivity index (χ0) is 25.8. The summed E-state index contributed by atoms with van der Waals surface area (Å²) in [5.74, 6) is -1.44. The number of hydrogen-bond acceptors (Lipinski definition) is 4. The van der Waals surface area contributed by atoms with Gasteiger partial charge < -0.3 is 10.2 Å². The number of hydrogen-bond donors (Lipinski definition) is 2. The first-order valence-corrected chi connectivity index (χ1v) is 13.2. The highest BCUT2D eigenvalue weighted by Crippen LogP contribution is 2.75. The van der Waals surface area contributed by atoms with Crippen LogP contribution in [-0.4, -0.2) is 34.4 Å². The van der Waals surface area contributed by atoms with E-state index in [1.54, 1.807) is 13.0 Å². The van der Waals surface area contributed by atoms with Gasteiger partial charge in [-0.1, -0.05) is 45.4 Å². The van der Waals surface area contributed by atoms with E-state index in [-0.39, 0.29) is 28.3 Å². The zero-order valence-corrected chi connectivity index (χ0v) is 22.1. The molecule has 5 nitrogen and oxygen atoms in total. The molecule has 0 saturated heterocycles. The Morgan fingerprint density at radius 2 is 1.57 bits per heavy atom. The molecule has 35 heavy (non-hydrogen) atoms. The Morgan fingerprint density at radius 1 is 0.914 bits per heavy atom. The zero-order valence-electron chi connectivity index (χ0n) is 22.1. The summed E-state index contributed by atoms with van der Waals surface area (Å²) in [6.45, 7) is 12.6. The maximum atomic E-state index is 12.8. The Morgan fingerprint density at radius 3 is 2.20 bits per heavy atom. The summed E-state index contributed by atoms with van der Waals surface area (Å²) in [6.07, 6.45) is 12.0. The maximum absolute atomic E-state index is 12.8. The largest absolute Gasteiger partial charge is 0.481 e. The summed E-state index contributed by atoms with van der Waals surface area (Å²) in [5.41, 5.74) is 0.617. The minimum Gasteiger partial charge on any atom is -0.481 e. The molecular weight excluding hydrogens is 440 g/mol. The van der Waals surface area contributed by atoms with E-state index in [2.05, 4.69) is 33.8 Å². The lowest BCUT2D eigenvalue weighted by Crippen LogP contribution is -2.62. The van der Waals surface area contributed by atoms with Crippen molar-refractivity contribution in [2.24, 2.45) is 38.4 Å². The highest BCUT2D eigenvalue weighted by molar-refractivity contribution is 6.45. The summed E-state index contributed by atoms with van der Waals surface area (Å²) >= 11 is 0. The Labute approximate surface area is 208 Å². The molecule has 0 aliphatic heterocycles. The Hall–Kier alpha value is -2.01. The molecule has 0 radical (unpaired) electrons. The van der Waals surface area contributed by atoms with E-state index in [9.17, 15) is 24.6 Å². The Balaban J connectivity index is 1.66. The number of carbonyl (C=O) groups is 3. The van der Waals surface area contributed by atoms with Crippen molar-refractivity contribution in [2.75, 3.05) is 6.61 Å². The molecular formula is C30H40O5. The van der Waals surface area contributed by atoms with Crippen LogP contribution >= 0.6 is 0 Å². The highest BCUT2D eigenvalue weighted by Gasteiger charge is 2.67. The van der Waals surface area contributed by atoms with Crippen molar-refractivity contribution in [2.45, 2.75) is 86.5 Å². The van der Waals surface area contributed by atoms with Gasteiger partial charge in [-0.3, -0.25) is 14.4 Å². The molecule has 0 aromatic carbocycles. The average Bonchev–Trinajstić information content (AvgIpc) is 2.81. The van der Waals surface area contributed by atoms with Crippen LogP contribution in [0.3, 0.4) is 0 Å². The summed E-state index contributed by atoms with van der Waals surface area (Å²) < 4.78 is 0. The molecule has 5 rings (SSSR count). The second kappa shape index (κ2) is 7.06. The van der Waals surface area contributed by atoms with Gasteiger partial charge >= 0.3 is 5.97 Å². The number of carbonyl (C=O) groups excluding carboxylic acids is 2. The average molecular weight is 481 g/mol. The van der Waals surface area contributed by atoms with Gasteiger partial charge in [0.25, 0.3) is 0 Å². The van der Waals surface area contributed by atoms with Crippen molar-refractivity contribution in [1.82, 2.24) is 0 Å². The number of carboxylic acids is 1. The van der Waals surface area contributed by atoms with E-state index in [1.165, 1.54) is 5.57 Å². The number of fused-ring (bicyclic) bond motifs is 7. The van der Waals surface area contributed by atoms with E-state index in [0.717, 1.165) is 49.7 Å². The first-order chi connectivity index (χ1) is 16.1. The second-order valence-corrected chi connectivity index (χ2v) is 13.8. The number of rotatable bonds is 2. The van der Waals surface area contributed by atoms with E-state index >= 15 is 0 Å². The maximum Gasteiger partial charge on any atom is 0.309 e. The minimum atomic E-state index is -1.20. The molecule has 2 N–H and O–H groups in total. The van der Waals surface area contributed by atoms with Gasteiger partial charge in [0.2, 0.25) is 11.6 Å². The van der Waals surface area contributed by atoms with Gasteiger partial charge in [-0.2, -0.15) is 0 Å². The first kappa shape index (κ1) is 24.7. The molecule has 0 amide bonds. The summed E-state index contributed by atoms with van der Waals surface area (Å²) in [4.78, 5) is 37.9. The predicted octanol–water partition coefficient (Wildman–Crippen LogP) is 5.43. The number of Topliss-reactive ketones (excluding diaryl/α,β-unsaturated/α-hetero) is 1. The van der Waals surface area contributed by atoms with E-state index < -0.39 is 28.4 Å². The van der Waals surface area contributed by atoms with Gasteiger partial charge in [0.15, 0.2) is 0 Å². The third kappa shape index (κ3) is 2.82. The number of carboxylic acid groups (broad SMARTS) is 1. The summed E-state index contributed by atoms with van der Waals surface area (Å²) in [7, 11) is 0. The fraction of sp³-hybridized carbons (Fsp3) is 0.700. The number of aliphatic hydroxyl groups excluding tert-OH is 1. The third-order valence-corrected chi connectivity index (χ3v) is 12.0. The fourth-order valence-corrected chi connectivity index (χ4v) is 9.04. The number of aliphatic hydroxyl groups is 1. The topological polar surface area (TPSA) is 91.7 Å². The highest BCUT2D eigenvalue weighted by atomic mass is 16.4. The lowest BCUT2D eigenvalue weighted by molar-refractivity contribution is -0.178. The second-order valence-electron chi connectivity index (χ2n) is 13.8. The van der Waals surface area contributed by atoms with Gasteiger partial charge in [-0.15, -0.1) is 0 Å². The van der Waals surface area contributed by atoms with Crippen LogP contribution in [0.2, 0.25) is 0 Å². The first-order valence-electron chi connectivity index (χ1n) is 13.2. The summed E-state index contributed by atoms with van der Waals surface area (Å²) in [5, 5.41) is 20.3. The predicted molar refractivity (Wildman–Crippen MR) is 133 cm³/mol. The molecule has 0 aromatic heterocycles. The molecule has 190 valence electrons. The molecule has 0 aromatic rings. The number of allylic oxidation sites excluding steroid dienone is 5. The quantitative estimate of drug-likeness (QED) is 0.514. The van der Waals surface area contributed by atoms with Crippen molar-refractivity contribution >= 4 is 17.5 Å². The lowest BCUT2D eigenvalue weighted by Gasteiger charge is -2.70. The van der Waals surface area contributed by atoms with E-state index in [0.29, 0.717) is 12.3 Å². The van der Waals surface area contributed by atoms with Crippen LogP contribution in [0, 0.1) is 38.4 Å². The standard InChI is InChI=1S/C30H40O5/c1-25-9-10-26(2,24(34)35)16-22(25)30(6)14-12-27(3)19-15-20(32)23(33)28(4,17-31)18(19)7-8-21(27)29(30,5)13-11-25/h7-8,15,22,31H,9-14,16-17H2,1-6H3,(H,34,35)/t22-,25-,26-,27+,28+,29-,30+/m1/s1. The SMILES string of the molecule is C[C@@]1(C(=O)O)CC[C@]2(C)CC[C@]3(C)C4=CC=C5C(=CC(=O)C(=O)[C@@]5(C)CO)[C@]4(C)CC[C@@]3(C)[C@@H]2C1. The minimum absolute atomic E-state index is 0.0663. The molecule has 7 atom stereocenters. The molecule has 5 aliphatic carbocycles. The normalized spacial score (nSPS) is 49.0. The lowest BCUT2D eigenvalue weighted by atomic mass is 9.34. The van der Waals surface area contributed by atoms with Gasteiger partial charge in [-0.05, 0) is 98.2 Å². The van der Waals surface area contributed by atoms with Crippen LogP contribution in [-0.2, 0) is 14.4 Å². The fourth-order valence-electron chi connectivity index (χ4n) is 9.04. The van der Waals surface area contributed by atoms with E-state index in [4.69, 9.17) is 0 Å².